The average Bonchev–Trinajstić information content (AvgIpc) is 2.76. The highest BCUT2D eigenvalue weighted by Gasteiger charge is 2.03. The first kappa shape index (κ1) is 13.4. The first-order valence-electron chi connectivity index (χ1n) is 5.96. The van der Waals surface area contributed by atoms with Crippen molar-refractivity contribution in [2.24, 2.45) is 0 Å². The Morgan fingerprint density at radius 1 is 1.33 bits per heavy atom. The summed E-state index contributed by atoms with van der Waals surface area (Å²) in [5.74, 6) is 0. The average molecular weight is 269 g/mol. The summed E-state index contributed by atoms with van der Waals surface area (Å²) in [6.45, 7) is 2.62. The molecule has 0 aliphatic rings. The van der Waals surface area contributed by atoms with E-state index in [1.807, 2.05) is 24.4 Å². The predicted molar refractivity (Wildman–Crippen MR) is 72.9 cm³/mol. The molecule has 2 aromatic rings. The Morgan fingerprint density at radius 2 is 2.22 bits per heavy atom. The van der Waals surface area contributed by atoms with Crippen molar-refractivity contribution in [2.75, 3.05) is 26.4 Å². The van der Waals surface area contributed by atoms with Crippen LogP contribution >= 0.6 is 11.6 Å². The zero-order valence-electron chi connectivity index (χ0n) is 10.1. The van der Waals surface area contributed by atoms with Crippen LogP contribution in [-0.4, -0.2) is 36.5 Å². The quantitative estimate of drug-likeness (QED) is 0.673. The van der Waals surface area contributed by atoms with Crippen molar-refractivity contribution in [2.45, 2.75) is 6.54 Å². The molecular weight excluding hydrogens is 252 g/mol. The van der Waals surface area contributed by atoms with Gasteiger partial charge in [0.2, 0.25) is 0 Å². The molecule has 1 aromatic heterocycles. The maximum Gasteiger partial charge on any atom is 0.0698 e. The number of rotatable bonds is 7. The molecule has 0 bridgehead atoms. The normalized spacial score (nSPS) is 11.2. The number of hydrogen-bond donors (Lipinski definition) is 3. The molecule has 18 heavy (non-hydrogen) atoms. The van der Waals surface area contributed by atoms with Gasteiger partial charge in [0, 0.05) is 35.2 Å². The van der Waals surface area contributed by atoms with E-state index >= 15 is 0 Å². The number of benzene rings is 1. The van der Waals surface area contributed by atoms with E-state index in [1.165, 1.54) is 10.9 Å². The second-order valence-corrected chi connectivity index (χ2v) is 4.45. The van der Waals surface area contributed by atoms with E-state index in [0.717, 1.165) is 23.6 Å². The summed E-state index contributed by atoms with van der Waals surface area (Å²) in [4.78, 5) is 3.20. The fourth-order valence-corrected chi connectivity index (χ4v) is 2.01. The van der Waals surface area contributed by atoms with Crippen molar-refractivity contribution in [1.82, 2.24) is 10.3 Å². The van der Waals surface area contributed by atoms with Gasteiger partial charge in [-0.3, -0.25) is 0 Å². The fourth-order valence-electron chi connectivity index (χ4n) is 1.84. The van der Waals surface area contributed by atoms with Crippen molar-refractivity contribution in [3.05, 3.63) is 35.0 Å². The van der Waals surface area contributed by atoms with Crippen LogP contribution in [0.25, 0.3) is 10.9 Å². The van der Waals surface area contributed by atoms with Crippen molar-refractivity contribution in [3.63, 3.8) is 0 Å². The number of aromatic amines is 1. The number of halogens is 1. The summed E-state index contributed by atoms with van der Waals surface area (Å²) < 4.78 is 5.17. The van der Waals surface area contributed by atoms with Crippen molar-refractivity contribution in [3.8, 4) is 0 Å². The molecule has 98 valence electrons. The highest BCUT2D eigenvalue weighted by atomic mass is 35.5. The SMILES string of the molecule is OCCOCCNCc1c[nH]c2cc(Cl)ccc12. The molecule has 0 saturated heterocycles. The lowest BCUT2D eigenvalue weighted by atomic mass is 10.2. The number of ether oxygens (including phenoxy) is 1. The van der Waals surface area contributed by atoms with Gasteiger partial charge in [0.25, 0.3) is 0 Å². The van der Waals surface area contributed by atoms with Crippen LogP contribution in [0.1, 0.15) is 5.56 Å². The molecule has 5 heteroatoms. The minimum atomic E-state index is 0.0726. The maximum atomic E-state index is 8.55. The predicted octanol–water partition coefficient (Wildman–Crippen LogP) is 1.92. The minimum Gasteiger partial charge on any atom is -0.394 e. The number of H-pyrrole nitrogens is 1. The molecule has 3 N–H and O–H groups in total. The molecule has 0 aliphatic heterocycles. The highest BCUT2D eigenvalue weighted by Crippen LogP contribution is 2.21. The van der Waals surface area contributed by atoms with E-state index in [2.05, 4.69) is 10.3 Å². The Labute approximate surface area is 111 Å². The van der Waals surface area contributed by atoms with Gasteiger partial charge in [0.1, 0.15) is 0 Å². The Bertz CT molecular complexity index is 499. The lowest BCUT2D eigenvalue weighted by Crippen LogP contribution is -2.19. The van der Waals surface area contributed by atoms with Gasteiger partial charge in [-0.2, -0.15) is 0 Å². The molecule has 0 fully saturated rings. The van der Waals surface area contributed by atoms with Crippen LogP contribution in [0.4, 0.5) is 0 Å². The number of nitrogens with one attached hydrogen (secondary N) is 2. The first-order chi connectivity index (χ1) is 8.81. The van der Waals surface area contributed by atoms with E-state index < -0.39 is 0 Å². The number of aliphatic hydroxyl groups is 1. The number of aromatic nitrogens is 1. The number of aliphatic hydroxyl groups excluding tert-OH is 1. The van der Waals surface area contributed by atoms with Crippen LogP contribution < -0.4 is 5.32 Å². The van der Waals surface area contributed by atoms with E-state index in [4.69, 9.17) is 21.4 Å². The molecule has 0 amide bonds. The molecular formula is C13H17ClN2O2. The van der Waals surface area contributed by atoms with Gasteiger partial charge in [0.15, 0.2) is 0 Å². The van der Waals surface area contributed by atoms with Gasteiger partial charge >= 0.3 is 0 Å². The van der Waals surface area contributed by atoms with E-state index in [-0.39, 0.29) is 6.61 Å². The van der Waals surface area contributed by atoms with Gasteiger partial charge < -0.3 is 20.1 Å². The third kappa shape index (κ3) is 3.46. The van der Waals surface area contributed by atoms with Crippen LogP contribution in [0, 0.1) is 0 Å². The van der Waals surface area contributed by atoms with E-state index in [1.54, 1.807) is 0 Å². The largest absolute Gasteiger partial charge is 0.394 e. The van der Waals surface area contributed by atoms with E-state index in [9.17, 15) is 0 Å². The van der Waals surface area contributed by atoms with Crippen molar-refractivity contribution in [1.29, 1.82) is 0 Å². The summed E-state index contributed by atoms with van der Waals surface area (Å²) in [6.07, 6.45) is 1.99. The first-order valence-corrected chi connectivity index (χ1v) is 6.34. The summed E-state index contributed by atoms with van der Waals surface area (Å²) in [5, 5.41) is 13.8. The minimum absolute atomic E-state index is 0.0726. The van der Waals surface area contributed by atoms with Gasteiger partial charge in [-0.1, -0.05) is 17.7 Å². The second-order valence-electron chi connectivity index (χ2n) is 4.02. The maximum absolute atomic E-state index is 8.55. The number of fused-ring (bicyclic) bond motifs is 1. The topological polar surface area (TPSA) is 57.3 Å². The summed E-state index contributed by atoms with van der Waals surface area (Å²) in [7, 11) is 0. The molecule has 0 radical (unpaired) electrons. The fraction of sp³-hybridized carbons (Fsp3) is 0.385. The van der Waals surface area contributed by atoms with Crippen molar-refractivity contribution < 1.29 is 9.84 Å². The Balaban J connectivity index is 1.84. The van der Waals surface area contributed by atoms with Crippen molar-refractivity contribution >= 4 is 22.5 Å². The Morgan fingerprint density at radius 3 is 3.06 bits per heavy atom. The van der Waals surface area contributed by atoms with Crippen LogP contribution in [0.15, 0.2) is 24.4 Å². The standard InChI is InChI=1S/C13H17ClN2O2/c14-11-1-2-12-10(9-16-13(12)7-11)8-15-3-5-18-6-4-17/h1-2,7,9,15-17H,3-6,8H2. The third-order valence-corrected chi connectivity index (χ3v) is 2.94. The molecule has 2 rings (SSSR count). The Kier molecular flexibility index (Phi) is 5.01. The zero-order valence-corrected chi connectivity index (χ0v) is 10.8. The second kappa shape index (κ2) is 6.75. The van der Waals surface area contributed by atoms with Crippen LogP contribution in [-0.2, 0) is 11.3 Å². The van der Waals surface area contributed by atoms with Gasteiger partial charge in [-0.15, -0.1) is 0 Å². The summed E-state index contributed by atoms with van der Waals surface area (Å²) in [6, 6.07) is 5.84. The number of hydrogen-bond acceptors (Lipinski definition) is 3. The van der Waals surface area contributed by atoms with E-state index in [0.29, 0.717) is 13.2 Å². The molecule has 0 saturated carbocycles. The summed E-state index contributed by atoms with van der Waals surface area (Å²) in [5.41, 5.74) is 2.26. The molecule has 0 aliphatic carbocycles. The zero-order chi connectivity index (χ0) is 12.8. The van der Waals surface area contributed by atoms with Crippen LogP contribution in [0.3, 0.4) is 0 Å². The molecule has 1 aromatic carbocycles. The lowest BCUT2D eigenvalue weighted by molar-refractivity contribution is 0.0938. The Hall–Kier alpha value is -1.07. The molecule has 0 atom stereocenters. The molecule has 0 spiro atoms. The van der Waals surface area contributed by atoms with Crippen LogP contribution in [0.2, 0.25) is 5.02 Å². The van der Waals surface area contributed by atoms with Gasteiger partial charge in [-0.25, -0.2) is 0 Å². The lowest BCUT2D eigenvalue weighted by Gasteiger charge is -2.04. The summed E-state index contributed by atoms with van der Waals surface area (Å²) >= 11 is 5.93. The monoisotopic (exact) mass is 268 g/mol. The van der Waals surface area contributed by atoms with Gasteiger partial charge in [0.05, 0.1) is 19.8 Å². The highest BCUT2D eigenvalue weighted by molar-refractivity contribution is 6.31. The van der Waals surface area contributed by atoms with Gasteiger partial charge in [-0.05, 0) is 17.7 Å². The molecule has 4 nitrogen and oxygen atoms in total. The smallest absolute Gasteiger partial charge is 0.0698 e. The molecule has 1 heterocycles. The third-order valence-electron chi connectivity index (χ3n) is 2.70. The molecule has 0 unspecified atom stereocenters. The van der Waals surface area contributed by atoms with Crippen LogP contribution in [0.5, 0.6) is 0 Å².